The van der Waals surface area contributed by atoms with Gasteiger partial charge in [-0.15, -0.1) is 0 Å². The molecule has 0 spiro atoms. The molecule has 0 saturated carbocycles. The lowest BCUT2D eigenvalue weighted by Gasteiger charge is -2.16. The van der Waals surface area contributed by atoms with E-state index in [4.69, 9.17) is 33.7 Å². The number of nitrogens with zero attached hydrogens (tertiary/aromatic N) is 2. The summed E-state index contributed by atoms with van der Waals surface area (Å²) in [7, 11) is 3.41. The van der Waals surface area contributed by atoms with E-state index in [9.17, 15) is 0 Å². The van der Waals surface area contributed by atoms with E-state index in [0.29, 0.717) is 22.3 Å². The van der Waals surface area contributed by atoms with Gasteiger partial charge in [-0.05, 0) is 25.5 Å². The van der Waals surface area contributed by atoms with E-state index in [1.807, 2.05) is 20.0 Å². The second kappa shape index (κ2) is 6.04. The molecular weight excluding hydrogens is 297 g/mol. The van der Waals surface area contributed by atoms with Gasteiger partial charge in [0.1, 0.15) is 10.9 Å². The Morgan fingerprint density at radius 3 is 2.65 bits per heavy atom. The van der Waals surface area contributed by atoms with Crippen LogP contribution in [0.3, 0.4) is 0 Å². The molecule has 1 heterocycles. The number of ether oxygens (including phenoxy) is 1. The molecule has 1 aromatic heterocycles. The molecule has 2 N–H and O–H groups in total. The monoisotopic (exact) mass is 313 g/mol. The smallest absolute Gasteiger partial charge is 0.130 e. The van der Waals surface area contributed by atoms with E-state index in [0.717, 1.165) is 16.8 Å². The first kappa shape index (κ1) is 15.2. The third-order valence-electron chi connectivity index (χ3n) is 3.29. The predicted molar refractivity (Wildman–Crippen MR) is 81.6 cm³/mol. The number of benzene rings is 1. The van der Waals surface area contributed by atoms with Gasteiger partial charge < -0.3 is 10.5 Å². The van der Waals surface area contributed by atoms with Crippen molar-refractivity contribution in [2.45, 2.75) is 19.4 Å². The molecule has 108 valence electrons. The van der Waals surface area contributed by atoms with Crippen LogP contribution >= 0.6 is 23.2 Å². The van der Waals surface area contributed by atoms with Crippen molar-refractivity contribution in [3.05, 3.63) is 45.2 Å². The Morgan fingerprint density at radius 2 is 2.10 bits per heavy atom. The maximum atomic E-state index is 6.28. The molecule has 0 aliphatic rings. The fourth-order valence-corrected chi connectivity index (χ4v) is 2.64. The number of rotatable bonds is 4. The molecule has 0 bridgehead atoms. The molecule has 0 amide bonds. The average molecular weight is 314 g/mol. The number of methoxy groups -OCH3 is 1. The Balaban J connectivity index is 2.30. The molecule has 1 unspecified atom stereocenters. The molecule has 1 aromatic carbocycles. The van der Waals surface area contributed by atoms with E-state index < -0.39 is 0 Å². The lowest BCUT2D eigenvalue weighted by Crippen LogP contribution is -2.15. The molecule has 1 atom stereocenters. The molecule has 2 rings (SSSR count). The summed E-state index contributed by atoms with van der Waals surface area (Å²) < 4.78 is 6.98. The molecule has 0 aliphatic carbocycles. The Labute approximate surface area is 128 Å². The molecule has 0 saturated heterocycles. The van der Waals surface area contributed by atoms with Crippen LogP contribution in [0.4, 0.5) is 0 Å². The van der Waals surface area contributed by atoms with Crippen molar-refractivity contribution in [3.63, 3.8) is 0 Å². The first-order chi connectivity index (χ1) is 9.43. The molecule has 0 aliphatic heterocycles. The van der Waals surface area contributed by atoms with Crippen LogP contribution < -0.4 is 10.5 Å². The van der Waals surface area contributed by atoms with Crippen LogP contribution in [0.5, 0.6) is 5.75 Å². The van der Waals surface area contributed by atoms with Gasteiger partial charge in [-0.3, -0.25) is 4.68 Å². The Kier molecular flexibility index (Phi) is 4.58. The zero-order chi connectivity index (χ0) is 14.9. The van der Waals surface area contributed by atoms with Crippen LogP contribution in [0.1, 0.15) is 22.9 Å². The number of hydrogen-bond donors (Lipinski definition) is 1. The summed E-state index contributed by atoms with van der Waals surface area (Å²) in [5.74, 6) is 0.683. The molecule has 0 fully saturated rings. The second-order valence-corrected chi connectivity index (χ2v) is 5.47. The minimum atomic E-state index is -0.234. The Hall–Kier alpha value is -1.23. The van der Waals surface area contributed by atoms with Crippen LogP contribution in [-0.4, -0.2) is 16.9 Å². The summed E-state index contributed by atoms with van der Waals surface area (Å²) >= 11 is 12.2. The van der Waals surface area contributed by atoms with Crippen molar-refractivity contribution < 1.29 is 4.74 Å². The minimum Gasteiger partial charge on any atom is -0.496 e. The van der Waals surface area contributed by atoms with Gasteiger partial charge in [0.25, 0.3) is 0 Å². The van der Waals surface area contributed by atoms with Gasteiger partial charge in [0.15, 0.2) is 0 Å². The highest BCUT2D eigenvalue weighted by Gasteiger charge is 2.18. The largest absolute Gasteiger partial charge is 0.496 e. The Morgan fingerprint density at radius 1 is 1.40 bits per heavy atom. The highest BCUT2D eigenvalue weighted by Crippen LogP contribution is 2.31. The average Bonchev–Trinajstić information content (AvgIpc) is 2.65. The van der Waals surface area contributed by atoms with Gasteiger partial charge in [0.2, 0.25) is 0 Å². The predicted octanol–water partition coefficient (Wildman–Crippen LogP) is 3.29. The van der Waals surface area contributed by atoms with Gasteiger partial charge in [-0.25, -0.2) is 0 Å². The van der Waals surface area contributed by atoms with Crippen molar-refractivity contribution in [1.29, 1.82) is 0 Å². The summed E-state index contributed by atoms with van der Waals surface area (Å²) in [6.07, 6.45) is 0.594. The van der Waals surface area contributed by atoms with Crippen LogP contribution in [0.15, 0.2) is 18.2 Å². The molecular formula is C14H17Cl2N3O. The normalized spacial score (nSPS) is 12.5. The maximum Gasteiger partial charge on any atom is 0.130 e. The number of halogens is 2. The lowest BCUT2D eigenvalue weighted by atomic mass is 9.99. The van der Waals surface area contributed by atoms with E-state index in [2.05, 4.69) is 5.10 Å². The standard InChI is InChI=1S/C14H17Cl2N3O/c1-8-11(14(16)19(2)18-8)7-12(17)10-5-4-9(15)6-13(10)20-3/h4-6,12H,7,17H2,1-3H3. The molecule has 6 heteroatoms. The first-order valence-electron chi connectivity index (χ1n) is 6.21. The fraction of sp³-hybridized carbons (Fsp3) is 0.357. The lowest BCUT2D eigenvalue weighted by molar-refractivity contribution is 0.405. The molecule has 2 aromatic rings. The fourth-order valence-electron chi connectivity index (χ4n) is 2.23. The van der Waals surface area contributed by atoms with Crippen LogP contribution in [0.25, 0.3) is 0 Å². The van der Waals surface area contributed by atoms with Crippen molar-refractivity contribution in [2.24, 2.45) is 12.8 Å². The SMILES string of the molecule is COc1cc(Cl)ccc1C(N)Cc1c(C)nn(C)c1Cl. The summed E-state index contributed by atoms with van der Waals surface area (Å²) in [6, 6.07) is 5.21. The van der Waals surface area contributed by atoms with E-state index in [1.54, 1.807) is 23.9 Å². The first-order valence-corrected chi connectivity index (χ1v) is 6.96. The molecule has 20 heavy (non-hydrogen) atoms. The third-order valence-corrected chi connectivity index (χ3v) is 4.00. The minimum absolute atomic E-state index is 0.234. The van der Waals surface area contributed by atoms with Gasteiger partial charge >= 0.3 is 0 Å². The zero-order valence-electron chi connectivity index (χ0n) is 11.7. The van der Waals surface area contributed by atoms with Crippen molar-refractivity contribution in [1.82, 2.24) is 9.78 Å². The van der Waals surface area contributed by atoms with Gasteiger partial charge in [-0.2, -0.15) is 5.10 Å². The van der Waals surface area contributed by atoms with Crippen molar-refractivity contribution in [2.75, 3.05) is 7.11 Å². The number of hydrogen-bond acceptors (Lipinski definition) is 3. The summed E-state index contributed by atoms with van der Waals surface area (Å²) in [4.78, 5) is 0. The summed E-state index contributed by atoms with van der Waals surface area (Å²) in [5, 5.41) is 5.53. The quantitative estimate of drug-likeness (QED) is 0.942. The van der Waals surface area contributed by atoms with Crippen molar-refractivity contribution >= 4 is 23.2 Å². The molecule has 0 radical (unpaired) electrons. The number of nitrogens with two attached hydrogens (primary N) is 1. The number of aryl methyl sites for hydroxylation is 2. The highest BCUT2D eigenvalue weighted by molar-refractivity contribution is 6.30. The third kappa shape index (κ3) is 2.92. The van der Waals surface area contributed by atoms with Gasteiger partial charge in [0, 0.05) is 29.2 Å². The van der Waals surface area contributed by atoms with Crippen LogP contribution in [0, 0.1) is 6.92 Å². The van der Waals surface area contributed by atoms with E-state index >= 15 is 0 Å². The topological polar surface area (TPSA) is 53.1 Å². The Bertz CT molecular complexity index is 625. The van der Waals surface area contributed by atoms with Crippen LogP contribution in [0.2, 0.25) is 10.2 Å². The van der Waals surface area contributed by atoms with Crippen LogP contribution in [-0.2, 0) is 13.5 Å². The maximum absolute atomic E-state index is 6.28. The second-order valence-electron chi connectivity index (χ2n) is 4.68. The summed E-state index contributed by atoms with van der Waals surface area (Å²) in [5.41, 5.74) is 9.03. The highest BCUT2D eigenvalue weighted by atomic mass is 35.5. The van der Waals surface area contributed by atoms with E-state index in [-0.39, 0.29) is 6.04 Å². The van der Waals surface area contributed by atoms with Gasteiger partial charge in [0.05, 0.1) is 12.8 Å². The molecule has 4 nitrogen and oxygen atoms in total. The summed E-state index contributed by atoms with van der Waals surface area (Å²) in [6.45, 7) is 1.92. The number of aromatic nitrogens is 2. The van der Waals surface area contributed by atoms with E-state index in [1.165, 1.54) is 0 Å². The zero-order valence-corrected chi connectivity index (χ0v) is 13.2. The van der Waals surface area contributed by atoms with Crippen molar-refractivity contribution in [3.8, 4) is 5.75 Å². The van der Waals surface area contributed by atoms with Gasteiger partial charge in [-0.1, -0.05) is 29.3 Å².